The van der Waals surface area contributed by atoms with Crippen molar-refractivity contribution in [2.24, 2.45) is 0 Å². The maximum Gasteiger partial charge on any atom is 0.416 e. The third kappa shape index (κ3) is 3.50. The van der Waals surface area contributed by atoms with Crippen LogP contribution in [0.25, 0.3) is 0 Å². The molecular weight excluding hydrogens is 272 g/mol. The molecular formula is C15H12F4O. The zero-order valence-electron chi connectivity index (χ0n) is 10.7. The summed E-state index contributed by atoms with van der Waals surface area (Å²) in [7, 11) is 0. The van der Waals surface area contributed by atoms with Gasteiger partial charge < -0.3 is 4.74 Å². The second kappa shape index (κ2) is 5.53. The van der Waals surface area contributed by atoms with Crippen LogP contribution in [0.1, 0.15) is 16.7 Å². The number of alkyl halides is 3. The molecule has 0 aliphatic heterocycles. The van der Waals surface area contributed by atoms with Gasteiger partial charge in [0.1, 0.15) is 18.2 Å². The van der Waals surface area contributed by atoms with Gasteiger partial charge in [-0.25, -0.2) is 4.39 Å². The van der Waals surface area contributed by atoms with Crippen LogP contribution in [-0.4, -0.2) is 0 Å². The summed E-state index contributed by atoms with van der Waals surface area (Å²) in [5, 5.41) is 0. The summed E-state index contributed by atoms with van der Waals surface area (Å²) in [6.45, 7) is 1.72. The molecule has 0 radical (unpaired) electrons. The summed E-state index contributed by atoms with van der Waals surface area (Å²) < 4.78 is 55.8. The van der Waals surface area contributed by atoms with E-state index in [2.05, 4.69) is 0 Å². The highest BCUT2D eigenvalue weighted by Crippen LogP contribution is 2.29. The van der Waals surface area contributed by atoms with Gasteiger partial charge in [-0.05, 0) is 36.2 Å². The number of ether oxygens (including phenoxy) is 1. The fourth-order valence-corrected chi connectivity index (χ4v) is 1.62. The Labute approximate surface area is 113 Å². The smallest absolute Gasteiger partial charge is 0.416 e. The van der Waals surface area contributed by atoms with Gasteiger partial charge in [-0.2, -0.15) is 13.2 Å². The van der Waals surface area contributed by atoms with Gasteiger partial charge in [-0.3, -0.25) is 0 Å². The molecule has 0 aromatic heterocycles. The fraction of sp³-hybridized carbons (Fsp3) is 0.200. The summed E-state index contributed by atoms with van der Waals surface area (Å²) in [5.74, 6) is -0.0390. The SMILES string of the molecule is Cc1ccc(OCc2ccc(C(F)(F)F)cc2)cc1F. The third-order valence-corrected chi connectivity index (χ3v) is 2.83. The Bertz CT molecular complexity index is 588. The first kappa shape index (κ1) is 14.4. The van der Waals surface area contributed by atoms with Gasteiger partial charge in [0.25, 0.3) is 0 Å². The number of aryl methyl sites for hydroxylation is 1. The van der Waals surface area contributed by atoms with Gasteiger partial charge >= 0.3 is 6.18 Å². The standard InChI is InChI=1S/C15H12F4O/c1-10-2-7-13(8-14(10)16)20-9-11-3-5-12(6-4-11)15(17,18)19/h2-8H,9H2,1H3. The first-order valence-electron chi connectivity index (χ1n) is 5.91. The Morgan fingerprint density at radius 1 is 1.00 bits per heavy atom. The Hall–Kier alpha value is -2.04. The fourth-order valence-electron chi connectivity index (χ4n) is 1.62. The van der Waals surface area contributed by atoms with Crippen molar-refractivity contribution < 1.29 is 22.3 Å². The van der Waals surface area contributed by atoms with Crippen molar-refractivity contribution in [1.29, 1.82) is 0 Å². The predicted octanol–water partition coefficient (Wildman–Crippen LogP) is 4.73. The molecule has 5 heteroatoms. The molecule has 20 heavy (non-hydrogen) atoms. The molecule has 2 aromatic carbocycles. The van der Waals surface area contributed by atoms with E-state index in [4.69, 9.17) is 4.74 Å². The minimum atomic E-state index is -4.35. The van der Waals surface area contributed by atoms with Gasteiger partial charge in [0, 0.05) is 6.07 Å². The lowest BCUT2D eigenvalue weighted by molar-refractivity contribution is -0.137. The van der Waals surface area contributed by atoms with Crippen molar-refractivity contribution in [3.63, 3.8) is 0 Å². The van der Waals surface area contributed by atoms with E-state index < -0.39 is 11.7 Å². The lowest BCUT2D eigenvalue weighted by Gasteiger charge is -2.09. The Balaban J connectivity index is 2.02. The van der Waals surface area contributed by atoms with E-state index in [9.17, 15) is 17.6 Å². The number of hydrogen-bond donors (Lipinski definition) is 0. The minimum absolute atomic E-state index is 0.0840. The van der Waals surface area contributed by atoms with Crippen molar-refractivity contribution in [1.82, 2.24) is 0 Å². The molecule has 0 saturated carbocycles. The first-order chi connectivity index (χ1) is 9.36. The number of rotatable bonds is 3. The van der Waals surface area contributed by atoms with Gasteiger partial charge in [-0.1, -0.05) is 18.2 Å². The van der Waals surface area contributed by atoms with Gasteiger partial charge in [-0.15, -0.1) is 0 Å². The quantitative estimate of drug-likeness (QED) is 0.740. The molecule has 1 nitrogen and oxygen atoms in total. The van der Waals surface area contributed by atoms with Crippen LogP contribution in [0, 0.1) is 12.7 Å². The lowest BCUT2D eigenvalue weighted by atomic mass is 10.1. The van der Waals surface area contributed by atoms with E-state index in [1.54, 1.807) is 19.1 Å². The molecule has 0 aliphatic rings. The molecule has 106 valence electrons. The molecule has 0 unspecified atom stereocenters. The van der Waals surface area contributed by atoms with E-state index in [-0.39, 0.29) is 12.4 Å². The zero-order valence-corrected chi connectivity index (χ0v) is 10.7. The average Bonchev–Trinajstić information content (AvgIpc) is 2.40. The molecule has 0 heterocycles. The van der Waals surface area contributed by atoms with Crippen molar-refractivity contribution in [3.05, 3.63) is 65.0 Å². The Morgan fingerprint density at radius 3 is 2.20 bits per heavy atom. The largest absolute Gasteiger partial charge is 0.489 e. The summed E-state index contributed by atoms with van der Waals surface area (Å²) in [6.07, 6.45) is -4.35. The predicted molar refractivity (Wildman–Crippen MR) is 66.9 cm³/mol. The van der Waals surface area contributed by atoms with Crippen molar-refractivity contribution >= 4 is 0 Å². The van der Waals surface area contributed by atoms with Crippen LogP contribution in [0.15, 0.2) is 42.5 Å². The number of benzene rings is 2. The average molecular weight is 284 g/mol. The minimum Gasteiger partial charge on any atom is -0.489 e. The van der Waals surface area contributed by atoms with Crippen molar-refractivity contribution in [3.8, 4) is 5.75 Å². The van der Waals surface area contributed by atoms with Gasteiger partial charge in [0.2, 0.25) is 0 Å². The van der Waals surface area contributed by atoms with Gasteiger partial charge in [0.15, 0.2) is 0 Å². The topological polar surface area (TPSA) is 9.23 Å². The van der Waals surface area contributed by atoms with Crippen LogP contribution < -0.4 is 4.74 Å². The van der Waals surface area contributed by atoms with Crippen LogP contribution in [0.4, 0.5) is 17.6 Å². The van der Waals surface area contributed by atoms with E-state index in [0.717, 1.165) is 12.1 Å². The molecule has 0 bridgehead atoms. The third-order valence-electron chi connectivity index (χ3n) is 2.83. The highest BCUT2D eigenvalue weighted by atomic mass is 19.4. The van der Waals surface area contributed by atoms with Crippen molar-refractivity contribution in [2.75, 3.05) is 0 Å². The molecule has 0 spiro atoms. The highest BCUT2D eigenvalue weighted by molar-refractivity contribution is 5.29. The molecule has 2 rings (SSSR count). The molecule has 0 amide bonds. The first-order valence-corrected chi connectivity index (χ1v) is 5.91. The van der Waals surface area contributed by atoms with E-state index in [1.807, 2.05) is 0 Å². The van der Waals surface area contributed by atoms with Crippen molar-refractivity contribution in [2.45, 2.75) is 19.7 Å². The summed E-state index contributed by atoms with van der Waals surface area (Å²) >= 11 is 0. The molecule has 0 atom stereocenters. The van der Waals surface area contributed by atoms with Gasteiger partial charge in [0.05, 0.1) is 5.56 Å². The second-order valence-electron chi connectivity index (χ2n) is 4.39. The maximum atomic E-state index is 13.3. The lowest BCUT2D eigenvalue weighted by Crippen LogP contribution is -2.05. The van der Waals surface area contributed by atoms with E-state index >= 15 is 0 Å². The molecule has 0 fully saturated rings. The Kier molecular flexibility index (Phi) is 3.97. The van der Waals surface area contributed by atoms with E-state index in [0.29, 0.717) is 16.9 Å². The molecule has 0 N–H and O–H groups in total. The molecule has 0 saturated heterocycles. The Morgan fingerprint density at radius 2 is 1.65 bits per heavy atom. The molecule has 2 aromatic rings. The molecule has 0 aliphatic carbocycles. The summed E-state index contributed by atoms with van der Waals surface area (Å²) in [4.78, 5) is 0. The van der Waals surface area contributed by atoms with Crippen LogP contribution >= 0.6 is 0 Å². The van der Waals surface area contributed by atoms with Crippen LogP contribution in [0.2, 0.25) is 0 Å². The van der Waals surface area contributed by atoms with Crippen LogP contribution in [-0.2, 0) is 12.8 Å². The normalized spacial score (nSPS) is 11.4. The number of halogens is 4. The van der Waals surface area contributed by atoms with Crippen LogP contribution in [0.3, 0.4) is 0 Å². The van der Waals surface area contributed by atoms with Crippen LogP contribution in [0.5, 0.6) is 5.75 Å². The monoisotopic (exact) mass is 284 g/mol. The maximum absolute atomic E-state index is 13.3. The van der Waals surface area contributed by atoms with E-state index in [1.165, 1.54) is 18.2 Å². The number of hydrogen-bond acceptors (Lipinski definition) is 1. The zero-order chi connectivity index (χ0) is 14.8. The highest BCUT2D eigenvalue weighted by Gasteiger charge is 2.29. The summed E-state index contributed by atoms with van der Waals surface area (Å²) in [5.41, 5.74) is 0.383. The second-order valence-corrected chi connectivity index (χ2v) is 4.39. The summed E-state index contributed by atoms with van der Waals surface area (Å²) in [6, 6.07) is 9.11.